The van der Waals surface area contributed by atoms with Gasteiger partial charge in [-0.25, -0.2) is 0 Å². The van der Waals surface area contributed by atoms with Crippen molar-refractivity contribution in [1.29, 1.82) is 0 Å². The van der Waals surface area contributed by atoms with Gasteiger partial charge in [-0.15, -0.1) is 0 Å². The third-order valence-corrected chi connectivity index (χ3v) is 23.7. The average molecular weight is 607 g/mol. The van der Waals surface area contributed by atoms with Crippen LogP contribution in [0.5, 0.6) is 0 Å². The van der Waals surface area contributed by atoms with Crippen LogP contribution in [-0.4, -0.2) is 40.6 Å². The first-order chi connectivity index (χ1) is 18.7. The van der Waals surface area contributed by atoms with Gasteiger partial charge in [0.1, 0.15) is 0 Å². The van der Waals surface area contributed by atoms with Crippen molar-refractivity contribution < 1.29 is 14.0 Å². The molecule has 3 nitrogen and oxygen atoms in total. The predicted octanol–water partition coefficient (Wildman–Crippen LogP) is 10.4. The van der Waals surface area contributed by atoms with Gasteiger partial charge in [0.25, 0.3) is 0 Å². The van der Waals surface area contributed by atoms with E-state index in [9.17, 15) is 5.11 Å². The molecule has 4 saturated carbocycles. The number of rotatable bonds is 8. The van der Waals surface area contributed by atoms with Gasteiger partial charge < -0.3 is 14.0 Å². The quantitative estimate of drug-likeness (QED) is 0.279. The fraction of sp³-hybridized carbons (Fsp3) is 1.00. The van der Waals surface area contributed by atoms with Gasteiger partial charge in [0.05, 0.1) is 0 Å². The predicted molar refractivity (Wildman–Crippen MR) is 180 cm³/mol. The first-order valence-electron chi connectivity index (χ1n) is 17.6. The van der Waals surface area contributed by atoms with Crippen molar-refractivity contribution in [3.05, 3.63) is 0 Å². The van der Waals surface area contributed by atoms with E-state index in [0.717, 1.165) is 24.2 Å². The van der Waals surface area contributed by atoms with E-state index in [4.69, 9.17) is 8.85 Å². The fourth-order valence-electron chi connectivity index (χ4n) is 10.1. The third kappa shape index (κ3) is 6.25. The fourth-order valence-corrected chi connectivity index (χ4v) is 12.9. The van der Waals surface area contributed by atoms with Crippen molar-refractivity contribution in [1.82, 2.24) is 0 Å². The van der Waals surface area contributed by atoms with Gasteiger partial charge >= 0.3 is 0 Å². The Morgan fingerprint density at radius 2 is 1.34 bits per heavy atom. The highest BCUT2D eigenvalue weighted by Gasteiger charge is 2.64. The Bertz CT molecular complexity index is 903. The lowest BCUT2D eigenvalue weighted by atomic mass is 9.43. The van der Waals surface area contributed by atoms with Gasteiger partial charge in [-0.2, -0.15) is 0 Å². The molecule has 0 saturated heterocycles. The minimum Gasteiger partial charge on any atom is -0.414 e. The molecule has 10 atom stereocenters. The summed E-state index contributed by atoms with van der Waals surface area (Å²) in [5, 5.41) is 10.1. The summed E-state index contributed by atoms with van der Waals surface area (Å²) >= 11 is 0. The summed E-state index contributed by atoms with van der Waals surface area (Å²) in [6, 6.07) is 0. The largest absolute Gasteiger partial charge is 0.414 e. The van der Waals surface area contributed by atoms with Crippen molar-refractivity contribution in [2.75, 3.05) is 6.61 Å². The number of aliphatic hydroxyl groups excluding tert-OH is 1. The van der Waals surface area contributed by atoms with Crippen molar-refractivity contribution in [3.63, 3.8) is 0 Å². The maximum Gasteiger partial charge on any atom is 0.192 e. The summed E-state index contributed by atoms with van der Waals surface area (Å²) in [4.78, 5) is 0. The van der Waals surface area contributed by atoms with Crippen molar-refractivity contribution in [3.8, 4) is 0 Å². The lowest BCUT2D eigenvalue weighted by Gasteiger charge is -2.64. The molecule has 0 radical (unpaired) electrons. The molecule has 4 aliphatic carbocycles. The smallest absolute Gasteiger partial charge is 0.192 e. The zero-order chi connectivity index (χ0) is 30.8. The Labute approximate surface area is 258 Å². The van der Waals surface area contributed by atoms with Gasteiger partial charge in [-0.3, -0.25) is 0 Å². The van der Waals surface area contributed by atoms with Crippen LogP contribution < -0.4 is 0 Å². The van der Waals surface area contributed by atoms with Crippen molar-refractivity contribution >= 4 is 16.6 Å². The minimum absolute atomic E-state index is 0.235. The Morgan fingerprint density at radius 1 is 0.780 bits per heavy atom. The zero-order valence-electron chi connectivity index (χ0n) is 29.7. The maximum absolute atomic E-state index is 9.56. The molecule has 0 amide bonds. The van der Waals surface area contributed by atoms with Crippen LogP contribution in [0, 0.1) is 46.3 Å². The molecule has 5 unspecified atom stereocenters. The van der Waals surface area contributed by atoms with Gasteiger partial charge in [-0.05, 0) is 147 Å². The molecule has 1 N–H and O–H groups in total. The lowest BCUT2D eigenvalue weighted by Crippen LogP contribution is -2.61. The minimum atomic E-state index is -1.91. The molecular formula is C36H70O3Si2. The molecule has 0 aromatic rings. The lowest BCUT2D eigenvalue weighted by molar-refractivity contribution is -0.169. The SMILES string of the molecule is C[C@H](CCCO)[C@H]1CCC2C3C(O[Si](C)(C)C(C)(C)C)C[C@@H]4CC(O[Si](C)(C)C(C)(C)C)CC[C@]4(C)C3CC[C@@]21C. The molecule has 5 heteroatoms. The van der Waals surface area contributed by atoms with Crippen LogP contribution in [0.4, 0.5) is 0 Å². The highest BCUT2D eigenvalue weighted by molar-refractivity contribution is 6.74. The highest BCUT2D eigenvalue weighted by Crippen LogP contribution is 2.69. The molecule has 4 aliphatic rings. The van der Waals surface area contributed by atoms with E-state index in [2.05, 4.69) is 88.5 Å². The van der Waals surface area contributed by atoms with Crippen LogP contribution in [-0.2, 0) is 8.85 Å². The van der Waals surface area contributed by atoms with Gasteiger partial charge in [0, 0.05) is 18.8 Å². The van der Waals surface area contributed by atoms with Crippen molar-refractivity contribution in [2.24, 2.45) is 46.3 Å². The normalized spacial score (nSPS) is 41.0. The molecule has 0 aromatic carbocycles. The molecule has 0 aliphatic heterocycles. The van der Waals surface area contributed by atoms with Gasteiger partial charge in [-0.1, -0.05) is 62.3 Å². The first-order valence-corrected chi connectivity index (χ1v) is 23.5. The number of fused-ring (bicyclic) bond motifs is 5. The van der Waals surface area contributed by atoms with Crippen LogP contribution in [0.15, 0.2) is 0 Å². The Hall–Kier alpha value is 0.314. The van der Waals surface area contributed by atoms with E-state index in [0.29, 0.717) is 47.4 Å². The molecule has 4 rings (SSSR count). The maximum atomic E-state index is 9.56. The summed E-state index contributed by atoms with van der Waals surface area (Å²) in [5.74, 6) is 4.51. The van der Waals surface area contributed by atoms with Crippen LogP contribution in [0.1, 0.15) is 127 Å². The summed E-state index contributed by atoms with van der Waals surface area (Å²) in [6.07, 6.45) is 13.6. The van der Waals surface area contributed by atoms with E-state index in [1.165, 1.54) is 57.8 Å². The van der Waals surface area contributed by atoms with E-state index < -0.39 is 16.6 Å². The van der Waals surface area contributed by atoms with E-state index in [-0.39, 0.29) is 10.1 Å². The molecule has 0 aromatic heterocycles. The third-order valence-electron chi connectivity index (χ3n) is 14.7. The topological polar surface area (TPSA) is 38.7 Å². The van der Waals surface area contributed by atoms with E-state index in [1.807, 2.05) is 0 Å². The number of aliphatic hydroxyl groups is 1. The summed E-state index contributed by atoms with van der Waals surface area (Å²) in [7, 11) is -3.69. The molecular weight excluding hydrogens is 537 g/mol. The first kappa shape index (κ1) is 34.2. The standard InChI is InChI=1S/C36H70O3Si2/c1-25(15-14-22-37)28-16-17-29-32-30(19-21-36(28,29)9)35(8)20-18-27(38-40(10,11)33(2,3)4)23-26(35)24-31(32)39-41(12,13)34(5,6)7/h25-32,37H,14-24H2,1-13H3/t25-,26+,27?,28-,29?,30?,31?,32?,35+,36-/m1/s1. The van der Waals surface area contributed by atoms with Gasteiger partial charge in [0.2, 0.25) is 0 Å². The summed E-state index contributed by atoms with van der Waals surface area (Å²) < 4.78 is 14.7. The summed E-state index contributed by atoms with van der Waals surface area (Å²) in [5.41, 5.74) is 0.851. The van der Waals surface area contributed by atoms with Crippen LogP contribution >= 0.6 is 0 Å². The molecule has 240 valence electrons. The average Bonchev–Trinajstić information content (AvgIpc) is 3.18. The Kier molecular flexibility index (Phi) is 9.67. The second-order valence-electron chi connectivity index (χ2n) is 19.0. The van der Waals surface area contributed by atoms with Crippen molar-refractivity contribution in [2.45, 2.75) is 175 Å². The van der Waals surface area contributed by atoms with Crippen LogP contribution in [0.3, 0.4) is 0 Å². The second-order valence-corrected chi connectivity index (χ2v) is 28.5. The number of hydrogen-bond donors (Lipinski definition) is 1. The molecule has 0 spiro atoms. The van der Waals surface area contributed by atoms with Crippen LogP contribution in [0.25, 0.3) is 0 Å². The Morgan fingerprint density at radius 3 is 1.93 bits per heavy atom. The zero-order valence-corrected chi connectivity index (χ0v) is 31.7. The van der Waals surface area contributed by atoms with Crippen LogP contribution in [0.2, 0.25) is 36.3 Å². The highest BCUT2D eigenvalue weighted by atomic mass is 28.4. The molecule has 0 heterocycles. The number of hydrogen-bond acceptors (Lipinski definition) is 3. The van der Waals surface area contributed by atoms with E-state index >= 15 is 0 Å². The summed E-state index contributed by atoms with van der Waals surface area (Å²) in [6.45, 7) is 32.5. The van der Waals surface area contributed by atoms with Gasteiger partial charge in [0.15, 0.2) is 16.6 Å². The molecule has 4 fully saturated rings. The second kappa shape index (κ2) is 11.6. The molecule has 0 bridgehead atoms. The van der Waals surface area contributed by atoms with E-state index in [1.54, 1.807) is 0 Å². The Balaban J connectivity index is 1.65. The monoisotopic (exact) mass is 606 g/mol. The molecule has 41 heavy (non-hydrogen) atoms.